The summed E-state index contributed by atoms with van der Waals surface area (Å²) in [5.41, 5.74) is 2.26. The summed E-state index contributed by atoms with van der Waals surface area (Å²) in [5, 5.41) is 0. The summed E-state index contributed by atoms with van der Waals surface area (Å²) in [5.74, 6) is 0.721. The van der Waals surface area contributed by atoms with Gasteiger partial charge in [0.05, 0.1) is 6.04 Å². The van der Waals surface area contributed by atoms with Crippen LogP contribution in [0, 0.1) is 12.8 Å². The van der Waals surface area contributed by atoms with Gasteiger partial charge in [-0.1, -0.05) is 43.5 Å². The van der Waals surface area contributed by atoms with Crippen molar-refractivity contribution in [2.75, 3.05) is 0 Å². The van der Waals surface area contributed by atoms with Crippen LogP contribution in [0.2, 0.25) is 0 Å². The fraction of sp³-hybridized carbons (Fsp3) is 0.533. The summed E-state index contributed by atoms with van der Waals surface area (Å²) in [6.45, 7) is 4.37. The maximum atomic E-state index is 5.40. The van der Waals surface area contributed by atoms with Crippen LogP contribution in [0.4, 0.5) is 0 Å². The third kappa shape index (κ3) is 6.14. The summed E-state index contributed by atoms with van der Waals surface area (Å²) >= 11 is 4.57. The molecule has 0 saturated heterocycles. The average molecular weight is 409 g/mol. The fourth-order valence-corrected chi connectivity index (χ4v) is 2.66. The van der Waals surface area contributed by atoms with Crippen molar-refractivity contribution in [3.05, 3.63) is 29.3 Å². The molecule has 1 nitrogen and oxygen atoms in total. The standard InChI is InChI=1S/C15H21NS.2ClH.Zr/c1-11-6-3-4-9-14(11)16-10-13-8-5-7-12(2)15(13)17;;;/h5,7-8,10-11,14,17H,3-4,6,9H2,1-2H3;2*1H;/q;;;+2/p-3. The van der Waals surface area contributed by atoms with Crippen molar-refractivity contribution in [3.8, 4) is 0 Å². The Morgan fingerprint density at radius 1 is 1.30 bits per heavy atom. The van der Waals surface area contributed by atoms with Gasteiger partial charge in [-0.3, -0.25) is 4.99 Å². The molecule has 0 N–H and O–H groups in total. The minimum absolute atomic E-state index is 0.499. The third-order valence-corrected chi connectivity index (χ3v) is 4.27. The van der Waals surface area contributed by atoms with Gasteiger partial charge in [0.2, 0.25) is 0 Å². The Labute approximate surface area is 146 Å². The van der Waals surface area contributed by atoms with Gasteiger partial charge in [0.15, 0.2) is 0 Å². The zero-order valence-electron chi connectivity index (χ0n) is 11.9. The maximum absolute atomic E-state index is 5.40. The molecule has 2 rings (SSSR count). The van der Waals surface area contributed by atoms with E-state index in [2.05, 4.69) is 32.0 Å². The quantitative estimate of drug-likeness (QED) is 0.479. The molecule has 1 aliphatic carbocycles. The zero-order chi connectivity index (χ0) is 15.0. The number of halogens is 2. The number of nitrogens with zero attached hydrogens (tertiary/aromatic N) is 1. The molecule has 2 unspecified atom stereocenters. The van der Waals surface area contributed by atoms with Crippen LogP contribution in [-0.2, 0) is 33.5 Å². The van der Waals surface area contributed by atoms with Crippen LogP contribution >= 0.6 is 17.0 Å². The van der Waals surface area contributed by atoms with Crippen molar-refractivity contribution in [2.24, 2.45) is 10.9 Å². The second kappa shape index (κ2) is 10.3. The minimum atomic E-state index is -0.826. The van der Waals surface area contributed by atoms with Gasteiger partial charge in [0, 0.05) is 6.21 Å². The Bertz CT molecular complexity index is 440. The van der Waals surface area contributed by atoms with Crippen LogP contribution in [0.1, 0.15) is 43.7 Å². The van der Waals surface area contributed by atoms with E-state index in [0.29, 0.717) is 6.04 Å². The molecular formula is C15H20Cl2NSZr-. The monoisotopic (exact) mass is 406 g/mol. The van der Waals surface area contributed by atoms with E-state index in [0.717, 1.165) is 16.4 Å². The predicted octanol–water partition coefficient (Wildman–Crippen LogP) is 5.27. The van der Waals surface area contributed by atoms with Gasteiger partial charge in [-0.05, 0) is 31.2 Å². The van der Waals surface area contributed by atoms with Crippen LogP contribution in [0.3, 0.4) is 0 Å². The van der Waals surface area contributed by atoms with E-state index in [1.165, 1.54) is 31.2 Å². The summed E-state index contributed by atoms with van der Waals surface area (Å²) in [7, 11) is 9.87. The Kier molecular flexibility index (Phi) is 9.61. The number of hydrogen-bond acceptors (Lipinski definition) is 2. The second-order valence-electron chi connectivity index (χ2n) is 5.17. The summed E-state index contributed by atoms with van der Waals surface area (Å²) < 4.78 is 0. The molecule has 5 heteroatoms. The van der Waals surface area contributed by atoms with E-state index in [4.69, 9.17) is 34.6 Å². The van der Waals surface area contributed by atoms with E-state index < -0.39 is 20.8 Å². The van der Waals surface area contributed by atoms with Crippen molar-refractivity contribution in [3.63, 3.8) is 0 Å². The van der Waals surface area contributed by atoms with Crippen LogP contribution in [0.25, 0.3) is 0 Å². The summed E-state index contributed by atoms with van der Waals surface area (Å²) in [6.07, 6.45) is 7.22. The van der Waals surface area contributed by atoms with Crippen molar-refractivity contribution < 1.29 is 20.8 Å². The zero-order valence-corrected chi connectivity index (χ0v) is 16.7. The number of hydrogen-bond donors (Lipinski definition) is 0. The summed E-state index contributed by atoms with van der Waals surface area (Å²) in [6, 6.07) is 6.67. The number of aryl methyl sites for hydroxylation is 1. The number of aliphatic imine (C=N–C) groups is 1. The molecule has 1 aromatic carbocycles. The van der Waals surface area contributed by atoms with E-state index in [-0.39, 0.29) is 0 Å². The molecule has 0 amide bonds. The van der Waals surface area contributed by atoms with E-state index in [9.17, 15) is 0 Å². The van der Waals surface area contributed by atoms with Crippen molar-refractivity contribution in [1.29, 1.82) is 0 Å². The Hall–Kier alpha value is 0.573. The Morgan fingerprint density at radius 3 is 2.60 bits per heavy atom. The molecule has 0 bridgehead atoms. The molecule has 1 aliphatic rings. The molecule has 20 heavy (non-hydrogen) atoms. The van der Waals surface area contributed by atoms with Crippen LogP contribution in [0.15, 0.2) is 28.1 Å². The molecule has 0 heterocycles. The predicted molar refractivity (Wildman–Crippen MR) is 87.5 cm³/mol. The summed E-state index contributed by atoms with van der Waals surface area (Å²) in [4.78, 5) is 5.69. The van der Waals surface area contributed by atoms with Crippen molar-refractivity contribution >= 4 is 35.9 Å². The molecule has 2 atom stereocenters. The first kappa shape index (κ1) is 18.6. The SMILES string of the molecule is Cc1cccc(C=NC2CCCCC2C)c1[S-].[Cl][Zr][Cl]. The van der Waals surface area contributed by atoms with Gasteiger partial charge in [0.1, 0.15) is 0 Å². The fourth-order valence-electron chi connectivity index (χ4n) is 2.47. The molecule has 1 fully saturated rings. The van der Waals surface area contributed by atoms with Crippen LogP contribution < -0.4 is 0 Å². The van der Waals surface area contributed by atoms with Gasteiger partial charge < -0.3 is 12.6 Å². The van der Waals surface area contributed by atoms with E-state index >= 15 is 0 Å². The van der Waals surface area contributed by atoms with Crippen LogP contribution in [0.5, 0.6) is 0 Å². The molecule has 0 aliphatic heterocycles. The molecule has 110 valence electrons. The Morgan fingerprint density at radius 2 is 1.95 bits per heavy atom. The third-order valence-electron chi connectivity index (χ3n) is 3.71. The number of rotatable bonds is 2. The molecule has 1 aromatic rings. The molecule has 0 spiro atoms. The van der Waals surface area contributed by atoms with Gasteiger partial charge in [-0.2, -0.15) is 4.90 Å². The van der Waals surface area contributed by atoms with E-state index in [1.807, 2.05) is 6.21 Å². The average Bonchev–Trinajstić information content (AvgIpc) is 2.43. The van der Waals surface area contributed by atoms with Crippen LogP contribution in [-0.4, -0.2) is 12.3 Å². The first-order valence-electron chi connectivity index (χ1n) is 6.86. The Balaban J connectivity index is 0.000000612. The van der Waals surface area contributed by atoms with E-state index in [1.54, 1.807) is 0 Å². The number of benzene rings is 1. The first-order chi connectivity index (χ1) is 9.60. The van der Waals surface area contributed by atoms with Gasteiger partial charge in [-0.25, -0.2) is 0 Å². The molecule has 0 radical (unpaired) electrons. The topological polar surface area (TPSA) is 12.4 Å². The van der Waals surface area contributed by atoms with Crippen molar-refractivity contribution in [1.82, 2.24) is 0 Å². The normalized spacial score (nSPS) is 22.2. The van der Waals surface area contributed by atoms with Gasteiger partial charge in [0.25, 0.3) is 0 Å². The first-order valence-corrected chi connectivity index (χ1v) is 13.6. The van der Waals surface area contributed by atoms with Gasteiger partial charge in [-0.15, -0.1) is 0 Å². The van der Waals surface area contributed by atoms with Gasteiger partial charge >= 0.3 is 37.9 Å². The molecular weight excluding hydrogens is 388 g/mol. The van der Waals surface area contributed by atoms with Crippen molar-refractivity contribution in [2.45, 2.75) is 50.5 Å². The second-order valence-corrected chi connectivity index (χ2v) is 9.31. The molecule has 0 aromatic heterocycles. The molecule has 1 saturated carbocycles.